The minimum absolute atomic E-state index is 0.157. The van der Waals surface area contributed by atoms with Crippen LogP contribution in [0.2, 0.25) is 0 Å². The van der Waals surface area contributed by atoms with E-state index in [1.54, 1.807) is 0 Å². The Labute approximate surface area is 80.1 Å². The van der Waals surface area contributed by atoms with Crippen LogP contribution in [0.3, 0.4) is 0 Å². The highest BCUT2D eigenvalue weighted by Crippen LogP contribution is 2.54. The van der Waals surface area contributed by atoms with Gasteiger partial charge in [-0.25, -0.2) is 0 Å². The summed E-state index contributed by atoms with van der Waals surface area (Å²) in [7, 11) is -2.42. The average Bonchev–Trinajstić information content (AvgIpc) is 2.10. The van der Waals surface area contributed by atoms with E-state index in [9.17, 15) is 0 Å². The van der Waals surface area contributed by atoms with Crippen LogP contribution in [0.5, 0.6) is 0 Å². The highest BCUT2D eigenvalue weighted by molar-refractivity contribution is 4.98. The van der Waals surface area contributed by atoms with Crippen molar-refractivity contribution in [2.75, 3.05) is 7.04 Å². The summed E-state index contributed by atoms with van der Waals surface area (Å²) in [5.74, 6) is 1.79. The molecule has 0 amide bonds. The van der Waals surface area contributed by atoms with Crippen LogP contribution < -0.4 is 0 Å². The molecule has 0 aromatic heterocycles. The van der Waals surface area contributed by atoms with E-state index in [1.165, 1.54) is 6.42 Å². The molecule has 1 nitrogen and oxygen atoms in total. The Bertz CT molecular complexity index is 271. The Morgan fingerprint density at radius 2 is 1.67 bits per heavy atom. The monoisotopic (exact) mass is 170 g/mol. The SMILES string of the molecule is [2H]C([2H])([2H])OC1([2H])C2CC3CC(C2)CC1C3. The van der Waals surface area contributed by atoms with Crippen LogP contribution in [0.1, 0.15) is 37.6 Å². The van der Waals surface area contributed by atoms with Gasteiger partial charge in [-0.3, -0.25) is 0 Å². The molecule has 0 atom stereocenters. The second-order valence-electron chi connectivity index (χ2n) is 4.81. The molecule has 0 aliphatic heterocycles. The third-order valence-corrected chi connectivity index (χ3v) is 4.06. The van der Waals surface area contributed by atoms with E-state index in [4.69, 9.17) is 10.2 Å². The van der Waals surface area contributed by atoms with Crippen molar-refractivity contribution in [3.05, 3.63) is 0 Å². The molecule has 68 valence electrons. The first-order chi connectivity index (χ1) is 7.37. The largest absolute Gasteiger partial charge is 0.381 e. The van der Waals surface area contributed by atoms with Gasteiger partial charge in [-0.2, -0.15) is 0 Å². The first-order valence-corrected chi connectivity index (χ1v) is 5.07. The molecule has 0 radical (unpaired) electrons. The van der Waals surface area contributed by atoms with Crippen molar-refractivity contribution in [3.8, 4) is 0 Å². The van der Waals surface area contributed by atoms with Gasteiger partial charge in [0, 0.05) is 7.04 Å². The standard InChI is InChI=1S/C11H18O/c1-12-11-9-3-7-2-8(5-9)6-10(11)4-7/h7-11H,2-6H2,1H3/i1D3,11D. The Balaban J connectivity index is 1.85. The van der Waals surface area contributed by atoms with E-state index in [1.807, 2.05) is 0 Å². The quantitative estimate of drug-likeness (QED) is 0.587. The fourth-order valence-electron chi connectivity index (χ4n) is 3.82. The minimum Gasteiger partial charge on any atom is -0.381 e. The summed E-state index contributed by atoms with van der Waals surface area (Å²) in [6.45, 7) is 0. The molecule has 4 aliphatic carbocycles. The molecule has 4 fully saturated rings. The third kappa shape index (κ3) is 0.891. The van der Waals surface area contributed by atoms with Crippen LogP contribution in [0, 0.1) is 23.7 Å². The molecule has 0 unspecified atom stereocenters. The van der Waals surface area contributed by atoms with E-state index in [0.29, 0.717) is 0 Å². The predicted octanol–water partition coefficient (Wildman–Crippen LogP) is 2.46. The smallest absolute Gasteiger partial charge is 0.0628 e. The third-order valence-electron chi connectivity index (χ3n) is 4.06. The van der Waals surface area contributed by atoms with E-state index in [0.717, 1.165) is 37.5 Å². The zero-order chi connectivity index (χ0) is 11.6. The molecular weight excluding hydrogens is 148 g/mol. The van der Waals surface area contributed by atoms with Gasteiger partial charge in [0.15, 0.2) is 0 Å². The maximum absolute atomic E-state index is 8.42. The van der Waals surface area contributed by atoms with Gasteiger partial charge < -0.3 is 4.74 Å². The van der Waals surface area contributed by atoms with Crippen molar-refractivity contribution in [1.82, 2.24) is 0 Å². The molecule has 0 aromatic rings. The van der Waals surface area contributed by atoms with Crippen LogP contribution in [-0.2, 0) is 4.74 Å². The number of ether oxygens (including phenoxy) is 1. The van der Waals surface area contributed by atoms with Crippen molar-refractivity contribution in [3.63, 3.8) is 0 Å². The molecule has 0 saturated heterocycles. The lowest BCUT2D eigenvalue weighted by Crippen LogP contribution is -2.48. The molecule has 4 aliphatic rings. The predicted molar refractivity (Wildman–Crippen MR) is 47.8 cm³/mol. The number of hydrogen-bond donors (Lipinski definition) is 0. The molecular formula is C11H18O. The second kappa shape index (κ2) is 2.47. The fourth-order valence-corrected chi connectivity index (χ4v) is 3.82. The topological polar surface area (TPSA) is 9.23 Å². The van der Waals surface area contributed by atoms with E-state index in [2.05, 4.69) is 0 Å². The molecule has 4 bridgehead atoms. The summed E-state index contributed by atoms with van der Waals surface area (Å²) in [5.41, 5.74) is 0. The van der Waals surface area contributed by atoms with Gasteiger partial charge in [0.25, 0.3) is 0 Å². The lowest BCUT2D eigenvalue weighted by Gasteiger charge is -2.53. The Hall–Kier alpha value is -0.0400. The molecule has 1 heteroatoms. The van der Waals surface area contributed by atoms with Gasteiger partial charge in [-0.15, -0.1) is 0 Å². The van der Waals surface area contributed by atoms with Crippen molar-refractivity contribution in [1.29, 1.82) is 0 Å². The van der Waals surface area contributed by atoms with E-state index < -0.39 is 13.1 Å². The van der Waals surface area contributed by atoms with Gasteiger partial charge in [-0.05, 0) is 55.8 Å². The molecule has 4 saturated carbocycles. The molecule has 12 heavy (non-hydrogen) atoms. The maximum Gasteiger partial charge on any atom is 0.0628 e. The van der Waals surface area contributed by atoms with Crippen molar-refractivity contribution < 1.29 is 10.2 Å². The van der Waals surface area contributed by atoms with Crippen molar-refractivity contribution in [2.45, 2.75) is 38.2 Å². The highest BCUT2D eigenvalue weighted by atomic mass is 16.5. The summed E-state index contributed by atoms with van der Waals surface area (Å²) in [5, 5.41) is 0. The average molecular weight is 170 g/mol. The lowest BCUT2D eigenvalue weighted by molar-refractivity contribution is -0.110. The normalized spacial score (nSPS) is 68.3. The fraction of sp³-hybridized carbons (Fsp3) is 1.00. The van der Waals surface area contributed by atoms with E-state index >= 15 is 0 Å². The van der Waals surface area contributed by atoms with Gasteiger partial charge in [0.2, 0.25) is 0 Å². The van der Waals surface area contributed by atoms with Crippen LogP contribution in [0.25, 0.3) is 0 Å². The zero-order valence-corrected chi connectivity index (χ0v) is 7.25. The Morgan fingerprint density at radius 3 is 2.17 bits per heavy atom. The molecule has 0 heterocycles. The zero-order valence-electron chi connectivity index (χ0n) is 11.3. The Morgan fingerprint density at radius 1 is 1.08 bits per heavy atom. The maximum atomic E-state index is 8.42. The second-order valence-corrected chi connectivity index (χ2v) is 4.81. The van der Waals surface area contributed by atoms with Crippen LogP contribution >= 0.6 is 0 Å². The van der Waals surface area contributed by atoms with Crippen LogP contribution in [0.15, 0.2) is 0 Å². The van der Waals surface area contributed by atoms with Crippen LogP contribution in [0.4, 0.5) is 0 Å². The van der Waals surface area contributed by atoms with Gasteiger partial charge >= 0.3 is 0 Å². The highest BCUT2D eigenvalue weighted by Gasteiger charge is 2.48. The van der Waals surface area contributed by atoms with Gasteiger partial charge in [-0.1, -0.05) is 0 Å². The molecule has 0 N–H and O–H groups in total. The first-order valence-electron chi connectivity index (χ1n) is 7.07. The number of hydrogen-bond acceptors (Lipinski definition) is 1. The summed E-state index contributed by atoms with van der Waals surface area (Å²) in [6.07, 6.45) is 4.20. The molecule has 0 aromatic carbocycles. The summed E-state index contributed by atoms with van der Waals surface area (Å²) < 4.78 is 35.3. The summed E-state index contributed by atoms with van der Waals surface area (Å²) in [4.78, 5) is 0. The molecule has 4 rings (SSSR count). The number of methoxy groups -OCH3 is 1. The summed E-state index contributed by atoms with van der Waals surface area (Å²) in [6, 6.07) is 0. The first kappa shape index (κ1) is 4.45. The minimum atomic E-state index is -2.42. The van der Waals surface area contributed by atoms with E-state index in [-0.39, 0.29) is 11.8 Å². The van der Waals surface area contributed by atoms with Crippen molar-refractivity contribution in [2.24, 2.45) is 23.7 Å². The molecule has 0 spiro atoms. The lowest BCUT2D eigenvalue weighted by atomic mass is 9.55. The van der Waals surface area contributed by atoms with Crippen LogP contribution in [-0.4, -0.2) is 13.1 Å². The van der Waals surface area contributed by atoms with Gasteiger partial charge in [0.05, 0.1) is 11.6 Å². The number of rotatable bonds is 1. The van der Waals surface area contributed by atoms with Crippen molar-refractivity contribution >= 4 is 0 Å². The van der Waals surface area contributed by atoms with Gasteiger partial charge in [0.1, 0.15) is 0 Å². The Kier molecular flexibility index (Phi) is 0.919. The summed E-state index contributed by atoms with van der Waals surface area (Å²) >= 11 is 0.